The van der Waals surface area contributed by atoms with Crippen molar-refractivity contribution in [3.63, 3.8) is 0 Å². The molecule has 0 aliphatic carbocycles. The summed E-state index contributed by atoms with van der Waals surface area (Å²) in [5.41, 5.74) is 0. The van der Waals surface area contributed by atoms with Gasteiger partial charge in [0.2, 0.25) is 0 Å². The monoisotopic (exact) mass is 303 g/mol. The highest BCUT2D eigenvalue weighted by molar-refractivity contribution is 7.11. The first-order chi connectivity index (χ1) is 9.79. The Hall–Kier alpha value is -2.04. The lowest BCUT2D eigenvalue weighted by atomic mass is 10.3. The van der Waals surface area contributed by atoms with Gasteiger partial charge in [-0.1, -0.05) is 41.1 Å². The Morgan fingerprint density at radius 3 is 2.00 bits per heavy atom. The number of benzene rings is 2. The quantitative estimate of drug-likeness (QED) is 0.648. The molecule has 0 unspecified atom stereocenters. The van der Waals surface area contributed by atoms with Crippen molar-refractivity contribution in [3.8, 4) is 22.4 Å². The summed E-state index contributed by atoms with van der Waals surface area (Å²) in [4.78, 5) is 4.03. The minimum atomic E-state index is 0.439. The van der Waals surface area contributed by atoms with E-state index < -0.39 is 0 Å². The molecular weight excluding hydrogens is 294 g/mol. The molecule has 5 heteroatoms. The molecule has 2 aromatic carbocycles. The lowest BCUT2D eigenvalue weighted by Gasteiger charge is -2.06. The number of halogens is 1. The fourth-order valence-electron chi connectivity index (χ4n) is 1.59. The van der Waals surface area contributed by atoms with Crippen molar-refractivity contribution in [2.45, 2.75) is 0 Å². The Balaban J connectivity index is 1.68. The zero-order chi connectivity index (χ0) is 13.8. The van der Waals surface area contributed by atoms with Crippen molar-refractivity contribution in [2.24, 2.45) is 0 Å². The molecule has 0 bridgehead atoms. The molecule has 0 spiro atoms. The summed E-state index contributed by atoms with van der Waals surface area (Å²) >= 11 is 7.10. The van der Waals surface area contributed by atoms with Crippen LogP contribution in [0, 0.1) is 0 Å². The molecule has 100 valence electrons. The highest BCUT2D eigenvalue weighted by atomic mass is 35.5. The van der Waals surface area contributed by atoms with Gasteiger partial charge in [0, 0.05) is 5.38 Å². The average Bonchev–Trinajstić information content (AvgIpc) is 2.88. The number of hydrogen-bond acceptors (Lipinski definition) is 4. The maximum absolute atomic E-state index is 5.74. The molecule has 0 aliphatic rings. The molecule has 0 N–H and O–H groups in total. The van der Waals surface area contributed by atoms with E-state index in [2.05, 4.69) is 4.98 Å². The summed E-state index contributed by atoms with van der Waals surface area (Å²) in [7, 11) is 0. The maximum Gasteiger partial charge on any atom is 0.280 e. The van der Waals surface area contributed by atoms with Crippen molar-refractivity contribution < 1.29 is 9.47 Å². The molecule has 0 amide bonds. The van der Waals surface area contributed by atoms with E-state index in [1.165, 1.54) is 11.3 Å². The number of aromatic nitrogens is 1. The summed E-state index contributed by atoms with van der Waals surface area (Å²) in [5, 5.41) is 2.69. The van der Waals surface area contributed by atoms with Crippen LogP contribution in [-0.2, 0) is 0 Å². The smallest absolute Gasteiger partial charge is 0.280 e. The van der Waals surface area contributed by atoms with Crippen molar-refractivity contribution >= 4 is 22.9 Å². The molecule has 1 aromatic heterocycles. The summed E-state index contributed by atoms with van der Waals surface area (Å²) < 4.78 is 11.3. The SMILES string of the molecule is Clc1csc(Oc2ccc(Oc3ccccc3)cc2)n1. The van der Waals surface area contributed by atoms with Gasteiger partial charge < -0.3 is 9.47 Å². The third kappa shape index (κ3) is 3.29. The Labute approximate surface area is 125 Å². The number of rotatable bonds is 4. The summed E-state index contributed by atoms with van der Waals surface area (Å²) in [6, 6.07) is 17.0. The van der Waals surface area contributed by atoms with E-state index in [9.17, 15) is 0 Å². The molecule has 1 heterocycles. The van der Waals surface area contributed by atoms with Gasteiger partial charge in [-0.05, 0) is 36.4 Å². The third-order valence-electron chi connectivity index (χ3n) is 2.46. The van der Waals surface area contributed by atoms with E-state index >= 15 is 0 Å². The van der Waals surface area contributed by atoms with Crippen LogP contribution < -0.4 is 9.47 Å². The molecule has 0 aliphatic heterocycles. The molecule has 0 fully saturated rings. The number of nitrogens with zero attached hydrogens (tertiary/aromatic N) is 1. The van der Waals surface area contributed by atoms with Crippen LogP contribution in [0.1, 0.15) is 0 Å². The predicted octanol–water partition coefficient (Wildman–Crippen LogP) is 5.38. The van der Waals surface area contributed by atoms with Gasteiger partial charge in [0.1, 0.15) is 22.4 Å². The second-order valence-electron chi connectivity index (χ2n) is 3.92. The van der Waals surface area contributed by atoms with Crippen LogP contribution in [0.5, 0.6) is 22.4 Å². The van der Waals surface area contributed by atoms with Gasteiger partial charge in [-0.15, -0.1) is 0 Å². The van der Waals surface area contributed by atoms with Crippen LogP contribution in [0.4, 0.5) is 0 Å². The molecule has 0 saturated carbocycles. The topological polar surface area (TPSA) is 31.4 Å². The Morgan fingerprint density at radius 1 is 0.800 bits per heavy atom. The Morgan fingerprint density at radius 2 is 1.40 bits per heavy atom. The fraction of sp³-hybridized carbons (Fsp3) is 0. The fourth-order valence-corrected chi connectivity index (χ4v) is 2.39. The van der Waals surface area contributed by atoms with E-state index in [-0.39, 0.29) is 0 Å². The highest BCUT2D eigenvalue weighted by Crippen LogP contribution is 2.29. The first kappa shape index (κ1) is 13.0. The number of thiazole rings is 1. The van der Waals surface area contributed by atoms with E-state index in [0.29, 0.717) is 16.1 Å². The molecule has 0 radical (unpaired) electrons. The van der Waals surface area contributed by atoms with Crippen molar-refractivity contribution in [3.05, 3.63) is 65.1 Å². The molecule has 0 saturated heterocycles. The Bertz CT molecular complexity index is 683. The predicted molar refractivity (Wildman–Crippen MR) is 80.2 cm³/mol. The van der Waals surface area contributed by atoms with E-state index in [1.807, 2.05) is 54.6 Å². The first-order valence-electron chi connectivity index (χ1n) is 5.91. The van der Waals surface area contributed by atoms with Crippen molar-refractivity contribution in [2.75, 3.05) is 0 Å². The van der Waals surface area contributed by atoms with Crippen molar-refractivity contribution in [1.29, 1.82) is 0 Å². The normalized spacial score (nSPS) is 10.2. The molecule has 0 atom stereocenters. The summed E-state index contributed by atoms with van der Waals surface area (Å²) in [6.45, 7) is 0. The lowest BCUT2D eigenvalue weighted by molar-refractivity contribution is 0.467. The van der Waals surface area contributed by atoms with E-state index in [0.717, 1.165) is 11.5 Å². The molecule has 20 heavy (non-hydrogen) atoms. The first-order valence-corrected chi connectivity index (χ1v) is 7.17. The second-order valence-corrected chi connectivity index (χ2v) is 5.13. The minimum absolute atomic E-state index is 0.439. The highest BCUT2D eigenvalue weighted by Gasteiger charge is 2.03. The van der Waals surface area contributed by atoms with E-state index in [1.54, 1.807) is 5.38 Å². The molecule has 3 aromatic rings. The van der Waals surface area contributed by atoms with Gasteiger partial charge in [0.25, 0.3) is 5.19 Å². The van der Waals surface area contributed by atoms with Gasteiger partial charge in [0.05, 0.1) is 0 Å². The number of ether oxygens (including phenoxy) is 2. The molecular formula is C15H10ClNO2S. The third-order valence-corrected chi connectivity index (χ3v) is 3.50. The number of para-hydroxylation sites is 1. The zero-order valence-electron chi connectivity index (χ0n) is 10.3. The molecule has 3 rings (SSSR count). The van der Waals surface area contributed by atoms with Crippen molar-refractivity contribution in [1.82, 2.24) is 4.98 Å². The van der Waals surface area contributed by atoms with Crippen LogP contribution in [0.25, 0.3) is 0 Å². The minimum Gasteiger partial charge on any atom is -0.457 e. The van der Waals surface area contributed by atoms with Gasteiger partial charge in [-0.3, -0.25) is 0 Å². The van der Waals surface area contributed by atoms with Crippen LogP contribution in [0.3, 0.4) is 0 Å². The molecule has 3 nitrogen and oxygen atoms in total. The summed E-state index contributed by atoms with van der Waals surface area (Å²) in [5.74, 6) is 2.24. The van der Waals surface area contributed by atoms with Crippen LogP contribution >= 0.6 is 22.9 Å². The zero-order valence-corrected chi connectivity index (χ0v) is 11.9. The maximum atomic E-state index is 5.74. The second kappa shape index (κ2) is 5.94. The van der Waals surface area contributed by atoms with Gasteiger partial charge >= 0.3 is 0 Å². The van der Waals surface area contributed by atoms with Crippen LogP contribution in [0.15, 0.2) is 60.0 Å². The van der Waals surface area contributed by atoms with E-state index in [4.69, 9.17) is 21.1 Å². The van der Waals surface area contributed by atoms with Gasteiger partial charge in [-0.25, -0.2) is 0 Å². The van der Waals surface area contributed by atoms with Gasteiger partial charge in [0.15, 0.2) is 0 Å². The van der Waals surface area contributed by atoms with Crippen LogP contribution in [0.2, 0.25) is 5.15 Å². The van der Waals surface area contributed by atoms with Crippen LogP contribution in [-0.4, -0.2) is 4.98 Å². The lowest BCUT2D eigenvalue weighted by Crippen LogP contribution is -1.85. The largest absolute Gasteiger partial charge is 0.457 e. The Kier molecular flexibility index (Phi) is 3.85. The van der Waals surface area contributed by atoms with Gasteiger partial charge in [-0.2, -0.15) is 4.98 Å². The number of hydrogen-bond donors (Lipinski definition) is 0. The average molecular weight is 304 g/mol. The summed E-state index contributed by atoms with van der Waals surface area (Å²) in [6.07, 6.45) is 0. The standard InChI is InChI=1S/C15H10ClNO2S/c16-14-10-20-15(17-14)19-13-8-6-12(7-9-13)18-11-4-2-1-3-5-11/h1-10H.